The average Bonchev–Trinajstić information content (AvgIpc) is 3.92. The molecule has 0 amide bonds. The van der Waals surface area contributed by atoms with Crippen molar-refractivity contribution in [3.63, 3.8) is 0 Å². The van der Waals surface area contributed by atoms with E-state index < -0.39 is 0 Å². The molecule has 5 heteroatoms. The normalized spacial score (nSPS) is 13.1. The molecular formula is C51H31N3O2. The van der Waals surface area contributed by atoms with Crippen LogP contribution < -0.4 is 0 Å². The maximum absolute atomic E-state index is 9.59. The van der Waals surface area contributed by atoms with Gasteiger partial charge in [-0.1, -0.05) is 146 Å². The standard InChI is InChI=1S/C51H31N3O2/c1-3-11-32(12-4-1)34-21-23-35(24-22-34)37-26-28-45-43(30-37)40-27-25-39(31-47(40)56-45)50-52-49(38-16-9-15-36(29-38)33-13-5-2-6-14-33)53-51(54-50)42-18-10-20-46-48(42)41-17-7-8-19-44(41)55-46/h1-31H/i25D,26D,27D,28D,30D,31D. The van der Waals surface area contributed by atoms with Gasteiger partial charge in [-0.25, -0.2) is 15.0 Å². The van der Waals surface area contributed by atoms with E-state index >= 15 is 0 Å². The molecule has 0 aliphatic rings. The lowest BCUT2D eigenvalue weighted by molar-refractivity contribution is 0.668. The number of furan rings is 2. The van der Waals surface area contributed by atoms with Crippen molar-refractivity contribution in [3.8, 4) is 67.5 Å². The molecule has 56 heavy (non-hydrogen) atoms. The molecule has 0 bridgehead atoms. The topological polar surface area (TPSA) is 65.0 Å². The van der Waals surface area contributed by atoms with Crippen LogP contribution in [0.15, 0.2) is 197 Å². The molecule has 11 aromatic rings. The van der Waals surface area contributed by atoms with Crippen LogP contribution in [0, 0.1) is 0 Å². The summed E-state index contributed by atoms with van der Waals surface area (Å²) in [6.45, 7) is 0. The van der Waals surface area contributed by atoms with Crippen LogP contribution in [0.4, 0.5) is 0 Å². The number of hydrogen-bond donors (Lipinski definition) is 0. The fourth-order valence-electron chi connectivity index (χ4n) is 7.27. The summed E-state index contributed by atoms with van der Waals surface area (Å²) in [7, 11) is 0. The second-order valence-corrected chi connectivity index (χ2v) is 13.5. The summed E-state index contributed by atoms with van der Waals surface area (Å²) < 4.78 is 68.4. The lowest BCUT2D eigenvalue weighted by Gasteiger charge is -2.10. The summed E-state index contributed by atoms with van der Waals surface area (Å²) in [5.41, 5.74) is 7.01. The summed E-state index contributed by atoms with van der Waals surface area (Å²) in [5, 5.41) is 1.79. The predicted molar refractivity (Wildman–Crippen MR) is 227 cm³/mol. The highest BCUT2D eigenvalue weighted by Gasteiger charge is 2.19. The van der Waals surface area contributed by atoms with Crippen LogP contribution in [-0.2, 0) is 0 Å². The summed E-state index contributed by atoms with van der Waals surface area (Å²) in [6.07, 6.45) is 0. The van der Waals surface area contributed by atoms with Gasteiger partial charge in [0.1, 0.15) is 22.3 Å². The van der Waals surface area contributed by atoms with Gasteiger partial charge in [-0.3, -0.25) is 0 Å². The van der Waals surface area contributed by atoms with Crippen LogP contribution in [0.25, 0.3) is 111 Å². The molecule has 8 aromatic carbocycles. The van der Waals surface area contributed by atoms with Crippen LogP contribution in [0.1, 0.15) is 8.22 Å². The van der Waals surface area contributed by atoms with Gasteiger partial charge in [0, 0.05) is 38.2 Å². The number of para-hydroxylation sites is 1. The highest BCUT2D eigenvalue weighted by Crippen LogP contribution is 2.38. The highest BCUT2D eigenvalue weighted by molar-refractivity contribution is 6.12. The lowest BCUT2D eigenvalue weighted by atomic mass is 9.99. The number of fused-ring (bicyclic) bond motifs is 6. The third-order valence-corrected chi connectivity index (χ3v) is 10.0. The van der Waals surface area contributed by atoms with Crippen LogP contribution in [0.2, 0.25) is 0 Å². The molecule has 0 saturated carbocycles. The molecule has 0 spiro atoms. The summed E-state index contributed by atoms with van der Waals surface area (Å²) in [4.78, 5) is 14.9. The van der Waals surface area contributed by atoms with Crippen LogP contribution in [0.3, 0.4) is 0 Å². The SMILES string of the molecule is [2H]c1c(-c2ccc(-c3ccccc3)cc2)c([2H])c2c(oc3c([2H])c(-c4nc(-c5cccc(-c6ccccc6)c5)nc(-c5cccc6oc7ccccc7c56)n4)c([2H])c([2H])c32)c1[2H]. The average molecular weight is 724 g/mol. The van der Waals surface area contributed by atoms with Crippen LogP contribution >= 0.6 is 0 Å². The molecule has 0 fully saturated rings. The Morgan fingerprint density at radius 2 is 0.911 bits per heavy atom. The molecular weight excluding hydrogens is 687 g/mol. The van der Waals surface area contributed by atoms with Gasteiger partial charge in [-0.2, -0.15) is 0 Å². The largest absolute Gasteiger partial charge is 0.456 e. The van der Waals surface area contributed by atoms with E-state index in [1.54, 1.807) is 0 Å². The quantitative estimate of drug-likeness (QED) is 0.171. The van der Waals surface area contributed by atoms with Crippen molar-refractivity contribution in [2.45, 2.75) is 0 Å². The molecule has 3 heterocycles. The van der Waals surface area contributed by atoms with Gasteiger partial charge in [0.25, 0.3) is 0 Å². The first kappa shape index (κ1) is 26.2. The Kier molecular flexibility index (Phi) is 6.10. The minimum Gasteiger partial charge on any atom is -0.456 e. The highest BCUT2D eigenvalue weighted by atomic mass is 16.3. The third kappa shape index (κ3) is 5.53. The number of hydrogen-bond acceptors (Lipinski definition) is 5. The van der Waals surface area contributed by atoms with Crippen molar-refractivity contribution in [2.24, 2.45) is 0 Å². The minimum atomic E-state index is -0.354. The molecule has 0 saturated heterocycles. The lowest BCUT2D eigenvalue weighted by Crippen LogP contribution is -2.00. The van der Waals surface area contributed by atoms with E-state index in [-0.39, 0.29) is 86.8 Å². The fraction of sp³-hybridized carbons (Fsp3) is 0. The van der Waals surface area contributed by atoms with Gasteiger partial charge in [-0.05, 0) is 75.7 Å². The predicted octanol–water partition coefficient (Wildman–Crippen LogP) is 13.7. The Hall–Kier alpha value is -7.63. The zero-order chi connectivity index (χ0) is 42.2. The minimum absolute atomic E-state index is 0.0247. The Labute approximate surface area is 330 Å². The molecule has 11 rings (SSSR count). The monoisotopic (exact) mass is 723 g/mol. The first-order valence-corrected chi connectivity index (χ1v) is 18.2. The first-order chi connectivity index (χ1) is 30.2. The van der Waals surface area contributed by atoms with E-state index in [1.807, 2.05) is 152 Å². The van der Waals surface area contributed by atoms with Crippen molar-refractivity contribution < 1.29 is 17.1 Å². The van der Waals surface area contributed by atoms with Gasteiger partial charge in [0.2, 0.25) is 0 Å². The second kappa shape index (κ2) is 13.0. The van der Waals surface area contributed by atoms with E-state index in [2.05, 4.69) is 0 Å². The number of rotatable bonds is 6. The zero-order valence-electron chi connectivity index (χ0n) is 35.6. The number of benzene rings is 8. The molecule has 0 N–H and O–H groups in total. The molecule has 5 nitrogen and oxygen atoms in total. The van der Waals surface area contributed by atoms with Gasteiger partial charge in [0.15, 0.2) is 17.5 Å². The van der Waals surface area contributed by atoms with E-state index in [9.17, 15) is 5.48 Å². The Morgan fingerprint density at radius 1 is 0.339 bits per heavy atom. The zero-order valence-corrected chi connectivity index (χ0v) is 29.6. The van der Waals surface area contributed by atoms with E-state index in [0.29, 0.717) is 27.9 Å². The molecule has 0 aliphatic carbocycles. The second-order valence-electron chi connectivity index (χ2n) is 13.5. The summed E-state index contributed by atoms with van der Waals surface area (Å²) in [6, 6.07) is 46.7. The van der Waals surface area contributed by atoms with Crippen molar-refractivity contribution in [1.82, 2.24) is 15.0 Å². The number of nitrogens with zero attached hydrogens (tertiary/aromatic N) is 3. The maximum Gasteiger partial charge on any atom is 0.164 e. The number of aromatic nitrogens is 3. The van der Waals surface area contributed by atoms with Gasteiger partial charge < -0.3 is 8.83 Å². The van der Waals surface area contributed by atoms with Crippen molar-refractivity contribution in [2.75, 3.05) is 0 Å². The Bertz CT molecular complexity index is 3590. The van der Waals surface area contributed by atoms with Crippen molar-refractivity contribution >= 4 is 43.9 Å². The van der Waals surface area contributed by atoms with Gasteiger partial charge >= 0.3 is 0 Å². The van der Waals surface area contributed by atoms with Crippen LogP contribution in [0.5, 0.6) is 0 Å². The maximum atomic E-state index is 9.59. The summed E-state index contributed by atoms with van der Waals surface area (Å²) >= 11 is 0. The van der Waals surface area contributed by atoms with Crippen LogP contribution in [-0.4, -0.2) is 15.0 Å². The molecule has 0 unspecified atom stereocenters. The fourth-order valence-corrected chi connectivity index (χ4v) is 7.27. The smallest absolute Gasteiger partial charge is 0.164 e. The van der Waals surface area contributed by atoms with E-state index in [0.717, 1.165) is 33.0 Å². The Morgan fingerprint density at radius 3 is 1.71 bits per heavy atom. The molecule has 0 radical (unpaired) electrons. The van der Waals surface area contributed by atoms with E-state index in [4.69, 9.17) is 26.5 Å². The summed E-state index contributed by atoms with van der Waals surface area (Å²) in [5.74, 6) is 0.528. The third-order valence-electron chi connectivity index (χ3n) is 10.0. The molecule has 0 atom stereocenters. The van der Waals surface area contributed by atoms with Gasteiger partial charge in [-0.15, -0.1) is 0 Å². The first-order valence-electron chi connectivity index (χ1n) is 21.2. The molecule has 262 valence electrons. The Balaban J connectivity index is 1.13. The molecule has 3 aromatic heterocycles. The van der Waals surface area contributed by atoms with E-state index in [1.165, 1.54) is 0 Å². The van der Waals surface area contributed by atoms with Crippen molar-refractivity contribution in [3.05, 3.63) is 188 Å². The van der Waals surface area contributed by atoms with Crippen molar-refractivity contribution in [1.29, 1.82) is 0 Å². The van der Waals surface area contributed by atoms with Gasteiger partial charge in [0.05, 0.1) is 8.22 Å². The molecule has 0 aliphatic heterocycles.